The van der Waals surface area contributed by atoms with Crippen LogP contribution in [0.3, 0.4) is 0 Å². The Balaban J connectivity index is 3.49. The Kier molecular flexibility index (Phi) is 3.54. The van der Waals surface area contributed by atoms with Crippen molar-refractivity contribution < 1.29 is 18.7 Å². The molecule has 0 bridgehead atoms. The largest absolute Gasteiger partial charge is 0.476 e. The predicted molar refractivity (Wildman–Crippen MR) is 49.1 cm³/mol. The molecule has 1 aromatic rings. The maximum Gasteiger partial charge on any atom is 0.355 e. The van der Waals surface area contributed by atoms with Gasteiger partial charge in [-0.25, -0.2) is 18.6 Å². The molecule has 1 rings (SSSR count). The van der Waals surface area contributed by atoms with Gasteiger partial charge in [0.05, 0.1) is 10.6 Å². The number of nitrogens with two attached hydrogens (primary N) is 1. The number of pyridine rings is 1. The molecular weight excluding hydrogens is 230 g/mol. The molecule has 0 atom stereocenters. The van der Waals surface area contributed by atoms with Gasteiger partial charge in [-0.15, -0.1) is 0 Å². The second-order valence-electron chi connectivity index (χ2n) is 2.66. The van der Waals surface area contributed by atoms with Crippen LogP contribution in [0.5, 0.6) is 0 Å². The zero-order valence-electron chi connectivity index (χ0n) is 7.38. The molecule has 15 heavy (non-hydrogen) atoms. The van der Waals surface area contributed by atoms with E-state index in [4.69, 9.17) is 22.4 Å². The first-order chi connectivity index (χ1) is 6.99. The number of carbonyl (C=O) groups is 1. The predicted octanol–water partition coefficient (Wildman–Crippen LogP) is 1.83. The van der Waals surface area contributed by atoms with Crippen LogP contribution in [0, 0.1) is 0 Å². The van der Waals surface area contributed by atoms with E-state index >= 15 is 0 Å². The highest BCUT2D eigenvalue weighted by Crippen LogP contribution is 2.29. The van der Waals surface area contributed by atoms with Crippen LogP contribution in [0.2, 0.25) is 5.02 Å². The summed E-state index contributed by atoms with van der Waals surface area (Å²) in [5.74, 6) is -1.53. The summed E-state index contributed by atoms with van der Waals surface area (Å²) in [5, 5.41) is 8.59. The van der Waals surface area contributed by atoms with Crippen molar-refractivity contribution in [3.8, 4) is 0 Å². The summed E-state index contributed by atoms with van der Waals surface area (Å²) in [6.07, 6.45) is -1.97. The molecule has 0 spiro atoms. The highest BCUT2D eigenvalue weighted by Gasteiger charge is 2.24. The van der Waals surface area contributed by atoms with E-state index in [-0.39, 0.29) is 17.1 Å². The molecule has 0 aliphatic heterocycles. The van der Waals surface area contributed by atoms with Crippen molar-refractivity contribution in [1.82, 2.24) is 4.98 Å². The van der Waals surface area contributed by atoms with E-state index < -0.39 is 23.7 Å². The van der Waals surface area contributed by atoms with Crippen LogP contribution >= 0.6 is 11.6 Å². The van der Waals surface area contributed by atoms with Gasteiger partial charge in [-0.1, -0.05) is 11.6 Å². The van der Waals surface area contributed by atoms with Gasteiger partial charge < -0.3 is 10.8 Å². The number of aromatic nitrogens is 1. The van der Waals surface area contributed by atoms with Crippen molar-refractivity contribution in [2.45, 2.75) is 13.0 Å². The monoisotopic (exact) mass is 236 g/mol. The molecule has 0 radical (unpaired) electrons. The Bertz CT molecular complexity index is 398. The van der Waals surface area contributed by atoms with Gasteiger partial charge >= 0.3 is 5.97 Å². The van der Waals surface area contributed by atoms with Crippen LogP contribution in [0.15, 0.2) is 6.20 Å². The van der Waals surface area contributed by atoms with E-state index in [1.54, 1.807) is 0 Å². The minimum Gasteiger partial charge on any atom is -0.476 e. The molecule has 0 aliphatic rings. The molecule has 0 saturated heterocycles. The van der Waals surface area contributed by atoms with E-state index in [2.05, 4.69) is 4.98 Å². The molecule has 1 heterocycles. The van der Waals surface area contributed by atoms with Crippen molar-refractivity contribution in [3.05, 3.63) is 28.0 Å². The Morgan fingerprint density at radius 1 is 1.67 bits per heavy atom. The lowest BCUT2D eigenvalue weighted by atomic mass is 10.1. The zero-order chi connectivity index (χ0) is 11.6. The first-order valence-corrected chi connectivity index (χ1v) is 4.25. The van der Waals surface area contributed by atoms with Crippen LogP contribution in [0.25, 0.3) is 0 Å². The van der Waals surface area contributed by atoms with E-state index in [1.807, 2.05) is 0 Å². The third-order valence-electron chi connectivity index (χ3n) is 1.80. The Labute approximate surface area is 88.7 Å². The van der Waals surface area contributed by atoms with Crippen LogP contribution in [0.1, 0.15) is 28.0 Å². The zero-order valence-corrected chi connectivity index (χ0v) is 8.13. The van der Waals surface area contributed by atoms with Gasteiger partial charge in [-0.2, -0.15) is 0 Å². The minimum atomic E-state index is -2.97. The van der Waals surface area contributed by atoms with Crippen molar-refractivity contribution in [2.24, 2.45) is 5.73 Å². The van der Waals surface area contributed by atoms with Gasteiger partial charge in [0.15, 0.2) is 5.69 Å². The average molecular weight is 237 g/mol. The molecule has 82 valence electrons. The van der Waals surface area contributed by atoms with Gasteiger partial charge in [-0.05, 0) is 5.56 Å². The summed E-state index contributed by atoms with van der Waals surface area (Å²) in [5.41, 5.74) is 3.71. The van der Waals surface area contributed by atoms with E-state index in [0.717, 1.165) is 6.20 Å². The number of hydrogen-bond acceptors (Lipinski definition) is 3. The summed E-state index contributed by atoms with van der Waals surface area (Å²) >= 11 is 5.58. The summed E-state index contributed by atoms with van der Waals surface area (Å²) in [6, 6.07) is 0. The molecule has 1 aromatic heterocycles. The second-order valence-corrected chi connectivity index (χ2v) is 3.06. The molecular formula is C8H7ClF2N2O2. The van der Waals surface area contributed by atoms with Crippen molar-refractivity contribution in [3.63, 3.8) is 0 Å². The molecule has 0 unspecified atom stereocenters. The van der Waals surface area contributed by atoms with Crippen LogP contribution in [-0.4, -0.2) is 16.1 Å². The van der Waals surface area contributed by atoms with E-state index in [9.17, 15) is 13.6 Å². The number of nitrogens with zero attached hydrogens (tertiary/aromatic N) is 1. The highest BCUT2D eigenvalue weighted by atomic mass is 35.5. The molecule has 0 aromatic carbocycles. The van der Waals surface area contributed by atoms with E-state index in [1.165, 1.54) is 0 Å². The van der Waals surface area contributed by atoms with Gasteiger partial charge in [-0.3, -0.25) is 0 Å². The first kappa shape index (κ1) is 11.8. The molecule has 0 aliphatic carbocycles. The summed E-state index contributed by atoms with van der Waals surface area (Å²) < 4.78 is 25.2. The first-order valence-electron chi connectivity index (χ1n) is 3.87. The molecule has 0 saturated carbocycles. The number of carboxylic acid groups (broad SMARTS) is 1. The topological polar surface area (TPSA) is 76.2 Å². The average Bonchev–Trinajstić information content (AvgIpc) is 2.16. The number of alkyl halides is 2. The van der Waals surface area contributed by atoms with Crippen LogP contribution in [0.4, 0.5) is 8.78 Å². The Morgan fingerprint density at radius 3 is 2.67 bits per heavy atom. The Morgan fingerprint density at radius 2 is 2.27 bits per heavy atom. The SMILES string of the molecule is NCc1c(Cl)cnc(C(=O)O)c1C(F)F. The Hall–Kier alpha value is -1.27. The minimum absolute atomic E-state index is 0.0576. The number of carboxylic acids is 1. The highest BCUT2D eigenvalue weighted by molar-refractivity contribution is 6.31. The third-order valence-corrected chi connectivity index (χ3v) is 2.13. The van der Waals surface area contributed by atoms with E-state index in [0.29, 0.717) is 0 Å². The molecule has 4 nitrogen and oxygen atoms in total. The number of rotatable bonds is 3. The summed E-state index contributed by atoms with van der Waals surface area (Å²) in [4.78, 5) is 14.0. The van der Waals surface area contributed by atoms with Crippen LogP contribution < -0.4 is 5.73 Å². The fraction of sp³-hybridized carbons (Fsp3) is 0.250. The normalized spacial score (nSPS) is 10.7. The number of halogens is 3. The summed E-state index contributed by atoms with van der Waals surface area (Å²) in [6.45, 7) is -0.263. The quantitative estimate of drug-likeness (QED) is 0.839. The fourth-order valence-electron chi connectivity index (χ4n) is 1.15. The smallest absolute Gasteiger partial charge is 0.355 e. The molecule has 0 fully saturated rings. The van der Waals surface area contributed by atoms with Gasteiger partial charge in [0.2, 0.25) is 0 Å². The van der Waals surface area contributed by atoms with Crippen molar-refractivity contribution >= 4 is 17.6 Å². The fourth-order valence-corrected chi connectivity index (χ4v) is 1.38. The lowest BCUT2D eigenvalue weighted by Gasteiger charge is -2.10. The maximum atomic E-state index is 12.6. The van der Waals surface area contributed by atoms with Crippen molar-refractivity contribution in [1.29, 1.82) is 0 Å². The molecule has 7 heteroatoms. The maximum absolute atomic E-state index is 12.6. The molecule has 3 N–H and O–H groups in total. The standard InChI is InChI=1S/C8H7ClF2N2O2/c9-4-2-13-6(8(14)15)5(7(10)11)3(4)1-12/h2,7H,1,12H2,(H,14,15). The lowest BCUT2D eigenvalue weighted by Crippen LogP contribution is -2.12. The summed E-state index contributed by atoms with van der Waals surface area (Å²) in [7, 11) is 0. The van der Waals surface area contributed by atoms with Crippen molar-refractivity contribution in [2.75, 3.05) is 0 Å². The molecule has 0 amide bonds. The number of hydrogen-bond donors (Lipinski definition) is 2. The second kappa shape index (κ2) is 4.50. The lowest BCUT2D eigenvalue weighted by molar-refractivity contribution is 0.0676. The van der Waals surface area contributed by atoms with Gasteiger partial charge in [0, 0.05) is 12.7 Å². The van der Waals surface area contributed by atoms with Crippen LogP contribution in [-0.2, 0) is 6.54 Å². The third kappa shape index (κ3) is 2.21. The van der Waals surface area contributed by atoms with Gasteiger partial charge in [0.1, 0.15) is 0 Å². The number of aromatic carboxylic acids is 1. The van der Waals surface area contributed by atoms with Gasteiger partial charge in [0.25, 0.3) is 6.43 Å².